The van der Waals surface area contributed by atoms with Gasteiger partial charge in [0.1, 0.15) is 6.04 Å². The summed E-state index contributed by atoms with van der Waals surface area (Å²) in [7, 11) is 1.51. The van der Waals surface area contributed by atoms with Crippen molar-refractivity contribution in [3.05, 3.63) is 86.5 Å². The number of furan rings is 1. The van der Waals surface area contributed by atoms with Gasteiger partial charge < -0.3 is 14.3 Å². The Labute approximate surface area is 217 Å². The Morgan fingerprint density at radius 2 is 2.06 bits per heavy atom. The van der Waals surface area contributed by atoms with E-state index in [9.17, 15) is 14.7 Å². The van der Waals surface area contributed by atoms with Crippen molar-refractivity contribution in [2.45, 2.75) is 13.0 Å². The molecule has 1 aliphatic rings. The van der Waals surface area contributed by atoms with Gasteiger partial charge in [0, 0.05) is 15.3 Å². The zero-order valence-corrected chi connectivity index (χ0v) is 21.3. The standard InChI is InChI=1S/C26H17ClN2O5S2/c1-12-9-19-15(11-14(12)27)28-26(36-19)29-21(18-7-4-8-35-18)20(23(31)25(29)32)22(30)17-10-13-5-3-6-16(33-2)24(13)34-17/h3-11,21,31H,1-2H3. The Bertz CT molecular complexity index is 1680. The molecule has 5 aromatic rings. The number of aromatic nitrogens is 1. The number of carbonyl (C=O) groups is 2. The molecule has 1 N–H and O–H groups in total. The first-order valence-corrected chi connectivity index (χ1v) is 12.9. The molecule has 2 aromatic carbocycles. The summed E-state index contributed by atoms with van der Waals surface area (Å²) in [5, 5.41) is 14.4. The van der Waals surface area contributed by atoms with Crippen LogP contribution in [0.15, 0.2) is 69.7 Å². The van der Waals surface area contributed by atoms with Crippen LogP contribution in [0, 0.1) is 6.92 Å². The lowest BCUT2D eigenvalue weighted by Crippen LogP contribution is -2.30. The van der Waals surface area contributed by atoms with Crippen molar-refractivity contribution in [2.75, 3.05) is 12.0 Å². The van der Waals surface area contributed by atoms with E-state index >= 15 is 0 Å². The molecular formula is C26H17ClN2O5S2. The van der Waals surface area contributed by atoms with E-state index in [2.05, 4.69) is 4.98 Å². The quantitative estimate of drug-likeness (QED) is 0.247. The Morgan fingerprint density at radius 3 is 2.81 bits per heavy atom. The van der Waals surface area contributed by atoms with Gasteiger partial charge in [0.15, 0.2) is 28.0 Å². The maximum Gasteiger partial charge on any atom is 0.296 e. The van der Waals surface area contributed by atoms with Gasteiger partial charge in [0.05, 0.1) is 22.9 Å². The summed E-state index contributed by atoms with van der Waals surface area (Å²) in [6, 6.07) is 13.3. The number of amides is 1. The molecule has 0 radical (unpaired) electrons. The van der Waals surface area contributed by atoms with Crippen molar-refractivity contribution in [1.82, 2.24) is 4.98 Å². The molecule has 0 saturated carbocycles. The number of anilines is 1. The van der Waals surface area contributed by atoms with E-state index in [1.807, 2.05) is 30.5 Å². The summed E-state index contributed by atoms with van der Waals surface area (Å²) in [6.07, 6.45) is 0. The van der Waals surface area contributed by atoms with Gasteiger partial charge in [-0.3, -0.25) is 14.5 Å². The van der Waals surface area contributed by atoms with Crippen molar-refractivity contribution in [3.63, 3.8) is 0 Å². The molecule has 3 aromatic heterocycles. The number of carbonyl (C=O) groups excluding carboxylic acids is 2. The number of hydrogen-bond donors (Lipinski definition) is 1. The summed E-state index contributed by atoms with van der Waals surface area (Å²) in [5.41, 5.74) is 1.87. The van der Waals surface area contributed by atoms with Crippen LogP contribution < -0.4 is 9.64 Å². The number of para-hydroxylation sites is 1. The molecule has 0 saturated heterocycles. The highest BCUT2D eigenvalue weighted by atomic mass is 35.5. The van der Waals surface area contributed by atoms with Crippen molar-refractivity contribution >= 4 is 72.3 Å². The van der Waals surface area contributed by atoms with Gasteiger partial charge in [-0.05, 0) is 48.2 Å². The normalized spacial score (nSPS) is 16.0. The zero-order chi connectivity index (χ0) is 25.1. The zero-order valence-electron chi connectivity index (χ0n) is 18.9. The second-order valence-corrected chi connectivity index (χ2v) is 10.6. The number of rotatable bonds is 5. The summed E-state index contributed by atoms with van der Waals surface area (Å²) in [6.45, 7) is 1.89. The lowest BCUT2D eigenvalue weighted by molar-refractivity contribution is -0.117. The maximum atomic E-state index is 13.8. The van der Waals surface area contributed by atoms with Crippen LogP contribution in [0.4, 0.5) is 5.13 Å². The van der Waals surface area contributed by atoms with E-state index in [1.165, 1.54) is 34.7 Å². The number of aryl methyl sites for hydroxylation is 1. The number of thiophene rings is 1. The molecule has 4 heterocycles. The number of methoxy groups -OCH3 is 1. The summed E-state index contributed by atoms with van der Waals surface area (Å²) >= 11 is 8.95. The van der Waals surface area contributed by atoms with Gasteiger partial charge in [-0.25, -0.2) is 4.98 Å². The minimum absolute atomic E-state index is 0.000961. The molecule has 0 bridgehead atoms. The van der Waals surface area contributed by atoms with Gasteiger partial charge in [-0.2, -0.15) is 0 Å². The summed E-state index contributed by atoms with van der Waals surface area (Å²) in [4.78, 5) is 33.8. The largest absolute Gasteiger partial charge is 0.503 e. The Kier molecular flexibility index (Phi) is 5.36. The van der Waals surface area contributed by atoms with Crippen LogP contribution in [-0.4, -0.2) is 28.9 Å². The molecule has 1 unspecified atom stereocenters. The molecule has 36 heavy (non-hydrogen) atoms. The molecule has 0 fully saturated rings. The van der Waals surface area contributed by atoms with Gasteiger partial charge in [-0.15, -0.1) is 11.3 Å². The smallest absolute Gasteiger partial charge is 0.296 e. The van der Waals surface area contributed by atoms with E-state index in [0.29, 0.717) is 37.3 Å². The molecular weight excluding hydrogens is 520 g/mol. The fraction of sp³-hybridized carbons (Fsp3) is 0.115. The molecule has 0 aliphatic carbocycles. The number of halogens is 1. The topological polar surface area (TPSA) is 92.9 Å². The van der Waals surface area contributed by atoms with E-state index in [4.69, 9.17) is 20.8 Å². The lowest BCUT2D eigenvalue weighted by Gasteiger charge is -2.22. The van der Waals surface area contributed by atoms with Crippen LogP contribution in [0.2, 0.25) is 5.02 Å². The molecule has 1 atom stereocenters. The number of Topliss-reactive ketones (excluding diaryl/α,β-unsaturated/α-hetero) is 1. The summed E-state index contributed by atoms with van der Waals surface area (Å²) in [5.74, 6) is -1.43. The van der Waals surface area contributed by atoms with Gasteiger partial charge in [-0.1, -0.05) is 41.1 Å². The van der Waals surface area contributed by atoms with Gasteiger partial charge >= 0.3 is 0 Å². The Balaban J connectivity index is 1.49. The highest BCUT2D eigenvalue weighted by molar-refractivity contribution is 7.22. The van der Waals surface area contributed by atoms with E-state index in [-0.39, 0.29) is 11.3 Å². The molecule has 6 rings (SSSR count). The average Bonchev–Trinajstić information content (AvgIpc) is 3.65. The first-order valence-electron chi connectivity index (χ1n) is 10.9. The molecule has 0 spiro atoms. The minimum Gasteiger partial charge on any atom is -0.503 e. The highest BCUT2D eigenvalue weighted by Gasteiger charge is 2.47. The number of aliphatic hydroxyl groups excluding tert-OH is 1. The second-order valence-electron chi connectivity index (χ2n) is 8.24. The van der Waals surface area contributed by atoms with Crippen LogP contribution in [-0.2, 0) is 4.79 Å². The second kappa shape index (κ2) is 8.48. The average molecular weight is 537 g/mol. The number of thiazole rings is 1. The van der Waals surface area contributed by atoms with E-state index < -0.39 is 23.5 Å². The van der Waals surface area contributed by atoms with Crippen molar-refractivity contribution in [1.29, 1.82) is 0 Å². The van der Waals surface area contributed by atoms with Crippen LogP contribution in [0.3, 0.4) is 0 Å². The number of benzene rings is 2. The first kappa shape index (κ1) is 22.8. The molecule has 7 nitrogen and oxygen atoms in total. The third kappa shape index (κ3) is 3.42. The van der Waals surface area contributed by atoms with Crippen LogP contribution >= 0.6 is 34.3 Å². The van der Waals surface area contributed by atoms with Crippen LogP contribution in [0.5, 0.6) is 5.75 Å². The van der Waals surface area contributed by atoms with Crippen LogP contribution in [0.25, 0.3) is 21.2 Å². The molecule has 180 valence electrons. The number of hydrogen-bond acceptors (Lipinski definition) is 8. The number of ether oxygens (including phenoxy) is 1. The predicted octanol–water partition coefficient (Wildman–Crippen LogP) is 6.86. The van der Waals surface area contributed by atoms with Gasteiger partial charge in [0.2, 0.25) is 5.78 Å². The number of fused-ring (bicyclic) bond motifs is 2. The fourth-order valence-corrected chi connectivity index (χ4v) is 6.39. The monoisotopic (exact) mass is 536 g/mol. The molecule has 1 aliphatic heterocycles. The molecule has 1 amide bonds. The maximum absolute atomic E-state index is 13.8. The van der Waals surface area contributed by atoms with Gasteiger partial charge in [0.25, 0.3) is 5.91 Å². The lowest BCUT2D eigenvalue weighted by atomic mass is 10.0. The fourth-order valence-electron chi connectivity index (χ4n) is 4.33. The Morgan fingerprint density at radius 1 is 1.22 bits per heavy atom. The third-order valence-electron chi connectivity index (χ3n) is 6.08. The third-order valence-corrected chi connectivity index (χ3v) is 8.43. The number of aliphatic hydroxyl groups is 1. The predicted molar refractivity (Wildman–Crippen MR) is 141 cm³/mol. The number of ketones is 1. The van der Waals surface area contributed by atoms with Crippen molar-refractivity contribution in [3.8, 4) is 5.75 Å². The van der Waals surface area contributed by atoms with Crippen LogP contribution in [0.1, 0.15) is 27.0 Å². The van der Waals surface area contributed by atoms with Crippen molar-refractivity contribution < 1.29 is 23.8 Å². The van der Waals surface area contributed by atoms with E-state index in [0.717, 1.165) is 10.3 Å². The van der Waals surface area contributed by atoms with Crippen molar-refractivity contribution in [2.24, 2.45) is 0 Å². The van der Waals surface area contributed by atoms with E-state index in [1.54, 1.807) is 30.3 Å². The minimum atomic E-state index is -0.864. The molecule has 10 heteroatoms. The highest BCUT2D eigenvalue weighted by Crippen LogP contribution is 2.46. The summed E-state index contributed by atoms with van der Waals surface area (Å²) < 4.78 is 12.0. The Hall–Kier alpha value is -3.66. The first-order chi connectivity index (χ1) is 17.4. The SMILES string of the molecule is COc1cccc2cc(C(=O)C3=C(O)C(=O)N(c4nc5cc(Cl)c(C)cc5s4)C3c3cccs3)oc12. The number of nitrogens with zero attached hydrogens (tertiary/aromatic N) is 2.